The van der Waals surface area contributed by atoms with Crippen molar-refractivity contribution < 1.29 is 4.79 Å². The molecule has 1 amide bonds. The Morgan fingerprint density at radius 3 is 2.41 bits per heavy atom. The number of aryl methyl sites for hydroxylation is 1. The molecule has 5 heteroatoms. The maximum atomic E-state index is 12.7. The van der Waals surface area contributed by atoms with Gasteiger partial charge >= 0.3 is 0 Å². The fraction of sp³-hybridized carbons (Fsp3) is 0.138. The third-order valence-corrected chi connectivity index (χ3v) is 7.03. The SMILES string of the molecule is Cc1nc(Cc2cccc3ccccc23)sc1CC(=O)Nc1ccc(Cc2ccncc2)cc1. The first-order valence-corrected chi connectivity index (χ1v) is 12.2. The number of fused-ring (bicyclic) bond motifs is 1. The summed E-state index contributed by atoms with van der Waals surface area (Å²) in [6, 6.07) is 26.8. The highest BCUT2D eigenvalue weighted by Gasteiger charge is 2.13. The number of nitrogens with one attached hydrogen (secondary N) is 1. The molecule has 0 radical (unpaired) electrons. The van der Waals surface area contributed by atoms with Crippen LogP contribution in [0.5, 0.6) is 0 Å². The Balaban J connectivity index is 1.22. The molecule has 1 N–H and O–H groups in total. The molecule has 0 aliphatic heterocycles. The fourth-order valence-corrected chi connectivity index (χ4v) is 5.22. The van der Waals surface area contributed by atoms with Crippen LogP contribution < -0.4 is 5.32 Å². The number of rotatable bonds is 7. The number of carbonyl (C=O) groups excluding carboxylic acids is 1. The maximum Gasteiger partial charge on any atom is 0.229 e. The minimum atomic E-state index is -0.0228. The lowest BCUT2D eigenvalue weighted by Gasteiger charge is -2.07. The summed E-state index contributed by atoms with van der Waals surface area (Å²) in [6.45, 7) is 1.99. The average Bonchev–Trinajstić information content (AvgIpc) is 3.19. The quantitative estimate of drug-likeness (QED) is 0.305. The monoisotopic (exact) mass is 463 g/mol. The number of hydrogen-bond donors (Lipinski definition) is 1. The fourth-order valence-electron chi connectivity index (χ4n) is 4.13. The van der Waals surface area contributed by atoms with Crippen LogP contribution in [0.15, 0.2) is 91.3 Å². The van der Waals surface area contributed by atoms with Crippen molar-refractivity contribution in [1.82, 2.24) is 9.97 Å². The minimum absolute atomic E-state index is 0.0228. The summed E-state index contributed by atoms with van der Waals surface area (Å²) < 4.78 is 0. The van der Waals surface area contributed by atoms with E-state index in [1.807, 2.05) is 31.2 Å². The average molecular weight is 464 g/mol. The smallest absolute Gasteiger partial charge is 0.229 e. The van der Waals surface area contributed by atoms with Gasteiger partial charge in [0.15, 0.2) is 0 Å². The molecular formula is C29H25N3OS. The molecule has 0 unspecified atom stereocenters. The summed E-state index contributed by atoms with van der Waals surface area (Å²) in [4.78, 5) is 22.5. The molecule has 0 aliphatic carbocycles. The molecular weight excluding hydrogens is 438 g/mol. The van der Waals surface area contributed by atoms with Crippen LogP contribution in [-0.4, -0.2) is 15.9 Å². The van der Waals surface area contributed by atoms with Gasteiger partial charge in [-0.2, -0.15) is 0 Å². The molecule has 0 aliphatic rings. The molecule has 3 aromatic carbocycles. The van der Waals surface area contributed by atoms with Gasteiger partial charge in [-0.1, -0.05) is 54.6 Å². The standard InChI is InChI=1S/C29H25N3OS/c1-20-27(34-29(31-20)18-24-7-4-6-23-5-2-3-8-26(23)24)19-28(33)32-25-11-9-21(10-12-25)17-22-13-15-30-16-14-22/h2-16H,17-19H2,1H3,(H,32,33). The van der Waals surface area contributed by atoms with E-state index in [4.69, 9.17) is 4.98 Å². The first kappa shape index (κ1) is 22.0. The lowest BCUT2D eigenvalue weighted by molar-refractivity contribution is -0.115. The van der Waals surface area contributed by atoms with Crippen molar-refractivity contribution in [2.75, 3.05) is 5.32 Å². The number of nitrogens with zero attached hydrogens (tertiary/aromatic N) is 2. The van der Waals surface area contributed by atoms with E-state index >= 15 is 0 Å². The summed E-state index contributed by atoms with van der Waals surface area (Å²) in [5.74, 6) is -0.0228. The van der Waals surface area contributed by atoms with Gasteiger partial charge in [0.05, 0.1) is 17.1 Å². The van der Waals surface area contributed by atoms with Gasteiger partial charge in [-0.25, -0.2) is 4.98 Å². The van der Waals surface area contributed by atoms with Gasteiger partial charge in [0.25, 0.3) is 0 Å². The Morgan fingerprint density at radius 1 is 0.853 bits per heavy atom. The zero-order valence-electron chi connectivity index (χ0n) is 19.0. The molecule has 0 fully saturated rings. The maximum absolute atomic E-state index is 12.7. The van der Waals surface area contributed by atoms with Crippen molar-refractivity contribution in [3.8, 4) is 0 Å². The molecule has 34 heavy (non-hydrogen) atoms. The highest BCUT2D eigenvalue weighted by atomic mass is 32.1. The highest BCUT2D eigenvalue weighted by Crippen LogP contribution is 2.26. The van der Waals surface area contributed by atoms with E-state index in [0.29, 0.717) is 6.42 Å². The second-order valence-corrected chi connectivity index (χ2v) is 9.55. The number of pyridine rings is 1. The van der Waals surface area contributed by atoms with Crippen LogP contribution in [0.3, 0.4) is 0 Å². The number of thiazole rings is 1. The number of hydrogen-bond acceptors (Lipinski definition) is 4. The number of amides is 1. The summed E-state index contributed by atoms with van der Waals surface area (Å²) in [7, 11) is 0. The zero-order chi connectivity index (χ0) is 23.3. The van der Waals surface area contributed by atoms with E-state index in [1.54, 1.807) is 23.7 Å². The summed E-state index contributed by atoms with van der Waals surface area (Å²) in [5, 5.41) is 6.55. The number of anilines is 1. The molecule has 168 valence electrons. The van der Waals surface area contributed by atoms with E-state index in [2.05, 4.69) is 64.9 Å². The van der Waals surface area contributed by atoms with Gasteiger partial charge in [0, 0.05) is 29.4 Å². The number of aromatic nitrogens is 2. The second kappa shape index (κ2) is 9.98. The highest BCUT2D eigenvalue weighted by molar-refractivity contribution is 7.11. The second-order valence-electron chi connectivity index (χ2n) is 8.39. The molecule has 5 rings (SSSR count). The van der Waals surface area contributed by atoms with Crippen LogP contribution in [0.2, 0.25) is 0 Å². The molecule has 0 spiro atoms. The van der Waals surface area contributed by atoms with Crippen molar-refractivity contribution >= 4 is 33.7 Å². The number of benzene rings is 3. The van der Waals surface area contributed by atoms with Gasteiger partial charge in [-0.3, -0.25) is 9.78 Å². The Bertz CT molecular complexity index is 1420. The summed E-state index contributed by atoms with van der Waals surface area (Å²) in [5.41, 5.74) is 5.41. The molecule has 0 bridgehead atoms. The van der Waals surface area contributed by atoms with Gasteiger partial charge < -0.3 is 5.32 Å². The van der Waals surface area contributed by atoms with E-state index < -0.39 is 0 Å². The zero-order valence-corrected chi connectivity index (χ0v) is 19.8. The van der Waals surface area contributed by atoms with Crippen LogP contribution in [-0.2, 0) is 24.1 Å². The van der Waals surface area contributed by atoms with Gasteiger partial charge in [-0.15, -0.1) is 11.3 Å². The molecule has 4 nitrogen and oxygen atoms in total. The van der Waals surface area contributed by atoms with Crippen LogP contribution >= 0.6 is 11.3 Å². The molecule has 2 heterocycles. The molecule has 0 saturated carbocycles. The van der Waals surface area contributed by atoms with Crippen molar-refractivity contribution in [1.29, 1.82) is 0 Å². The number of carbonyl (C=O) groups is 1. The predicted molar refractivity (Wildman–Crippen MR) is 139 cm³/mol. The lowest BCUT2D eigenvalue weighted by atomic mass is 10.0. The van der Waals surface area contributed by atoms with Crippen LogP contribution in [0.1, 0.15) is 32.3 Å². The summed E-state index contributed by atoms with van der Waals surface area (Å²) >= 11 is 1.63. The van der Waals surface area contributed by atoms with E-state index in [0.717, 1.165) is 34.1 Å². The van der Waals surface area contributed by atoms with Gasteiger partial charge in [-0.05, 0) is 65.1 Å². The summed E-state index contributed by atoms with van der Waals surface area (Å²) in [6.07, 6.45) is 5.55. The third-order valence-electron chi connectivity index (χ3n) is 5.87. The molecule has 0 atom stereocenters. The first-order valence-electron chi connectivity index (χ1n) is 11.3. The molecule has 5 aromatic rings. The van der Waals surface area contributed by atoms with E-state index in [1.165, 1.54) is 27.5 Å². The van der Waals surface area contributed by atoms with Gasteiger partial charge in [0.1, 0.15) is 0 Å². The van der Waals surface area contributed by atoms with Crippen LogP contribution in [0.25, 0.3) is 10.8 Å². The van der Waals surface area contributed by atoms with E-state index in [-0.39, 0.29) is 5.91 Å². The molecule has 2 aromatic heterocycles. The predicted octanol–water partition coefficient (Wildman–Crippen LogP) is 6.36. The van der Waals surface area contributed by atoms with Crippen molar-refractivity contribution in [3.05, 3.63) is 124 Å². The Labute approximate surface area is 203 Å². The van der Waals surface area contributed by atoms with Crippen molar-refractivity contribution in [3.63, 3.8) is 0 Å². The van der Waals surface area contributed by atoms with Crippen LogP contribution in [0.4, 0.5) is 5.69 Å². The topological polar surface area (TPSA) is 54.9 Å². The first-order chi connectivity index (χ1) is 16.6. The van der Waals surface area contributed by atoms with Crippen molar-refractivity contribution in [2.24, 2.45) is 0 Å². The van der Waals surface area contributed by atoms with Gasteiger partial charge in [0.2, 0.25) is 5.91 Å². The molecule has 0 saturated heterocycles. The normalized spacial score (nSPS) is 11.0. The minimum Gasteiger partial charge on any atom is -0.326 e. The Hall–Kier alpha value is -3.83. The largest absolute Gasteiger partial charge is 0.326 e. The third kappa shape index (κ3) is 5.21. The Kier molecular flexibility index (Phi) is 6.45. The van der Waals surface area contributed by atoms with Crippen molar-refractivity contribution in [2.45, 2.75) is 26.2 Å². The lowest BCUT2D eigenvalue weighted by Crippen LogP contribution is -2.14. The van der Waals surface area contributed by atoms with Crippen LogP contribution in [0, 0.1) is 6.92 Å². The Morgan fingerprint density at radius 2 is 1.59 bits per heavy atom. The van der Waals surface area contributed by atoms with E-state index in [9.17, 15) is 4.79 Å².